The second-order valence-electron chi connectivity index (χ2n) is 5.92. The van der Waals surface area contributed by atoms with Gasteiger partial charge in [-0.1, -0.05) is 13.8 Å². The molecule has 106 valence electrons. The first-order valence-electron chi connectivity index (χ1n) is 7.60. The van der Waals surface area contributed by atoms with E-state index in [-0.39, 0.29) is 0 Å². The molecule has 19 heavy (non-hydrogen) atoms. The van der Waals surface area contributed by atoms with Gasteiger partial charge >= 0.3 is 0 Å². The molecule has 0 aromatic carbocycles. The Kier molecular flexibility index (Phi) is 5.20. The fraction of sp³-hybridized carbons (Fsp3) is 0.688. The molecular formula is C16H27N3. The summed E-state index contributed by atoms with van der Waals surface area (Å²) in [6.07, 6.45) is 4.59. The monoisotopic (exact) mass is 261 g/mol. The maximum atomic E-state index is 4.49. The Morgan fingerprint density at radius 2 is 2.11 bits per heavy atom. The number of rotatable bonds is 5. The minimum atomic E-state index is 0.831. The van der Waals surface area contributed by atoms with Crippen LogP contribution in [0.4, 0.5) is 5.69 Å². The predicted octanol–water partition coefficient (Wildman–Crippen LogP) is 3.38. The van der Waals surface area contributed by atoms with Gasteiger partial charge in [-0.2, -0.15) is 0 Å². The van der Waals surface area contributed by atoms with Gasteiger partial charge in [0, 0.05) is 25.0 Å². The van der Waals surface area contributed by atoms with E-state index in [2.05, 4.69) is 42.0 Å². The van der Waals surface area contributed by atoms with E-state index in [9.17, 15) is 0 Å². The summed E-state index contributed by atoms with van der Waals surface area (Å²) >= 11 is 0. The van der Waals surface area contributed by atoms with Gasteiger partial charge in [-0.05, 0) is 56.8 Å². The van der Waals surface area contributed by atoms with E-state index in [1.807, 2.05) is 12.3 Å². The van der Waals surface area contributed by atoms with Crippen LogP contribution in [0.3, 0.4) is 0 Å². The van der Waals surface area contributed by atoms with Crippen molar-refractivity contribution in [1.29, 1.82) is 0 Å². The lowest BCUT2D eigenvalue weighted by Crippen LogP contribution is -2.34. The van der Waals surface area contributed by atoms with E-state index in [0.717, 1.165) is 24.9 Å². The highest BCUT2D eigenvalue weighted by Gasteiger charge is 2.21. The number of hydrogen-bond acceptors (Lipinski definition) is 3. The highest BCUT2D eigenvalue weighted by Crippen LogP contribution is 2.25. The summed E-state index contributed by atoms with van der Waals surface area (Å²) in [5.74, 6) is 1.75. The van der Waals surface area contributed by atoms with Crippen molar-refractivity contribution < 1.29 is 0 Å². The molecule has 0 aliphatic carbocycles. The second kappa shape index (κ2) is 6.90. The molecule has 3 nitrogen and oxygen atoms in total. The Labute approximate surface area is 117 Å². The van der Waals surface area contributed by atoms with Crippen molar-refractivity contribution in [3.63, 3.8) is 0 Å². The first kappa shape index (κ1) is 14.3. The predicted molar refractivity (Wildman–Crippen MR) is 81.2 cm³/mol. The molecule has 0 saturated carbocycles. The third-order valence-electron chi connectivity index (χ3n) is 4.16. The fourth-order valence-corrected chi connectivity index (χ4v) is 2.89. The van der Waals surface area contributed by atoms with Crippen molar-refractivity contribution in [1.82, 2.24) is 9.88 Å². The van der Waals surface area contributed by atoms with Crippen LogP contribution >= 0.6 is 0 Å². The molecule has 0 amide bonds. The van der Waals surface area contributed by atoms with Gasteiger partial charge in [0.2, 0.25) is 0 Å². The number of nitrogens with one attached hydrogen (secondary N) is 1. The molecule has 1 fully saturated rings. The van der Waals surface area contributed by atoms with Crippen LogP contribution in [-0.2, 0) is 6.54 Å². The lowest BCUT2D eigenvalue weighted by Gasteiger charge is -2.33. The number of piperidine rings is 1. The smallest absolute Gasteiger partial charge is 0.0564 e. The molecule has 1 aliphatic rings. The molecule has 1 aromatic heterocycles. The molecule has 3 heteroatoms. The Balaban J connectivity index is 1.86. The number of nitrogens with zero attached hydrogens (tertiary/aromatic N) is 2. The molecule has 1 N–H and O–H groups in total. The summed E-state index contributed by atoms with van der Waals surface area (Å²) < 4.78 is 0. The molecule has 1 aliphatic heterocycles. The largest absolute Gasteiger partial charge is 0.385 e. The van der Waals surface area contributed by atoms with Gasteiger partial charge in [0.1, 0.15) is 0 Å². The molecule has 1 aromatic rings. The average molecular weight is 261 g/mol. The summed E-state index contributed by atoms with van der Waals surface area (Å²) in [6.45, 7) is 11.2. The number of pyridine rings is 1. The lowest BCUT2D eigenvalue weighted by molar-refractivity contribution is 0.150. The van der Waals surface area contributed by atoms with Crippen molar-refractivity contribution in [3.05, 3.63) is 24.0 Å². The van der Waals surface area contributed by atoms with E-state index in [4.69, 9.17) is 0 Å². The maximum absolute atomic E-state index is 4.49. The lowest BCUT2D eigenvalue weighted by atomic mass is 9.87. The average Bonchev–Trinajstić information content (AvgIpc) is 2.40. The number of aromatic nitrogens is 1. The van der Waals surface area contributed by atoms with Crippen LogP contribution in [0.2, 0.25) is 0 Å². The Morgan fingerprint density at radius 3 is 2.74 bits per heavy atom. The van der Waals surface area contributed by atoms with Crippen molar-refractivity contribution in [2.45, 2.75) is 40.2 Å². The molecule has 0 radical (unpaired) electrons. The minimum Gasteiger partial charge on any atom is -0.385 e. The first-order chi connectivity index (χ1) is 9.19. The van der Waals surface area contributed by atoms with Gasteiger partial charge < -0.3 is 5.32 Å². The molecule has 0 bridgehead atoms. The maximum Gasteiger partial charge on any atom is 0.0564 e. The van der Waals surface area contributed by atoms with Gasteiger partial charge in [-0.15, -0.1) is 0 Å². The van der Waals surface area contributed by atoms with E-state index < -0.39 is 0 Å². The molecular weight excluding hydrogens is 234 g/mol. The topological polar surface area (TPSA) is 28.2 Å². The quantitative estimate of drug-likeness (QED) is 0.880. The van der Waals surface area contributed by atoms with Crippen molar-refractivity contribution in [2.24, 2.45) is 11.8 Å². The SMILES string of the molecule is CCNc1ccnc(CN2CCC(C(C)C)CC2)c1. The molecule has 0 spiro atoms. The Morgan fingerprint density at radius 1 is 1.37 bits per heavy atom. The molecule has 1 saturated heterocycles. The van der Waals surface area contributed by atoms with Crippen LogP contribution in [0.15, 0.2) is 18.3 Å². The fourth-order valence-electron chi connectivity index (χ4n) is 2.89. The van der Waals surface area contributed by atoms with E-state index >= 15 is 0 Å². The summed E-state index contributed by atoms with van der Waals surface area (Å²) in [7, 11) is 0. The van der Waals surface area contributed by atoms with Gasteiger partial charge in [0.05, 0.1) is 5.69 Å². The van der Waals surface area contributed by atoms with Crippen LogP contribution in [0, 0.1) is 11.8 Å². The second-order valence-corrected chi connectivity index (χ2v) is 5.92. The molecule has 2 heterocycles. The van der Waals surface area contributed by atoms with Gasteiger partial charge in [0.15, 0.2) is 0 Å². The van der Waals surface area contributed by atoms with Gasteiger partial charge in [-0.3, -0.25) is 9.88 Å². The third kappa shape index (κ3) is 4.20. The Hall–Kier alpha value is -1.09. The van der Waals surface area contributed by atoms with E-state index in [1.54, 1.807) is 0 Å². The highest BCUT2D eigenvalue weighted by atomic mass is 15.1. The summed E-state index contributed by atoms with van der Waals surface area (Å²) in [4.78, 5) is 7.03. The minimum absolute atomic E-state index is 0.831. The van der Waals surface area contributed by atoms with Gasteiger partial charge in [0.25, 0.3) is 0 Å². The van der Waals surface area contributed by atoms with E-state index in [0.29, 0.717) is 0 Å². The molecule has 0 atom stereocenters. The number of hydrogen-bond donors (Lipinski definition) is 1. The van der Waals surface area contributed by atoms with Crippen LogP contribution in [0.25, 0.3) is 0 Å². The summed E-state index contributed by atoms with van der Waals surface area (Å²) in [5, 5.41) is 3.35. The molecule has 0 unspecified atom stereocenters. The Bertz CT molecular complexity index is 381. The highest BCUT2D eigenvalue weighted by molar-refractivity contribution is 5.42. The van der Waals surface area contributed by atoms with Crippen molar-refractivity contribution in [2.75, 3.05) is 25.0 Å². The summed E-state index contributed by atoms with van der Waals surface area (Å²) in [5.41, 5.74) is 2.37. The van der Waals surface area contributed by atoms with Crippen LogP contribution in [0.1, 0.15) is 39.3 Å². The van der Waals surface area contributed by atoms with E-state index in [1.165, 1.54) is 37.3 Å². The van der Waals surface area contributed by atoms with Crippen LogP contribution in [0.5, 0.6) is 0 Å². The first-order valence-corrected chi connectivity index (χ1v) is 7.60. The zero-order chi connectivity index (χ0) is 13.7. The van der Waals surface area contributed by atoms with Crippen molar-refractivity contribution >= 4 is 5.69 Å². The van der Waals surface area contributed by atoms with Crippen LogP contribution in [-0.4, -0.2) is 29.5 Å². The zero-order valence-electron chi connectivity index (χ0n) is 12.5. The van der Waals surface area contributed by atoms with Crippen molar-refractivity contribution in [3.8, 4) is 0 Å². The zero-order valence-corrected chi connectivity index (χ0v) is 12.5. The summed E-state index contributed by atoms with van der Waals surface area (Å²) in [6, 6.07) is 4.22. The molecule has 2 rings (SSSR count). The van der Waals surface area contributed by atoms with Gasteiger partial charge in [-0.25, -0.2) is 0 Å². The third-order valence-corrected chi connectivity index (χ3v) is 4.16. The number of anilines is 1. The standard InChI is InChI=1S/C16H27N3/c1-4-17-15-5-8-18-16(11-15)12-19-9-6-14(7-10-19)13(2)3/h5,8,11,13-14H,4,6-7,9-10,12H2,1-3H3,(H,17,18). The number of likely N-dealkylation sites (tertiary alicyclic amines) is 1. The van der Waals surface area contributed by atoms with Crippen LogP contribution < -0.4 is 5.32 Å². The normalized spacial score (nSPS) is 17.9.